The maximum atomic E-state index is 12.6. The highest BCUT2D eigenvalue weighted by atomic mass is 32.2. The Bertz CT molecular complexity index is 1400. The van der Waals surface area contributed by atoms with Crippen LogP contribution < -0.4 is 4.80 Å². The van der Waals surface area contributed by atoms with Gasteiger partial charge in [0.05, 0.1) is 38.8 Å². The SMILES string of the molecule is COC(=O)Cn1c(=NC(=O)Cc2ccc(S(=O)(=O)C(C)C)cc2)sc2cc([N+](=O)[O-])ccc21. The van der Waals surface area contributed by atoms with Crippen LogP contribution in [0.25, 0.3) is 10.2 Å². The van der Waals surface area contributed by atoms with E-state index in [1.54, 1.807) is 26.0 Å². The molecule has 1 heterocycles. The zero-order valence-corrected chi connectivity index (χ0v) is 19.7. The van der Waals surface area contributed by atoms with E-state index >= 15 is 0 Å². The van der Waals surface area contributed by atoms with Crippen LogP contribution in [0.4, 0.5) is 5.69 Å². The second-order valence-electron chi connectivity index (χ2n) is 7.38. The van der Waals surface area contributed by atoms with Crippen LogP contribution >= 0.6 is 11.3 Å². The molecule has 0 spiro atoms. The monoisotopic (exact) mass is 491 g/mol. The fourth-order valence-corrected chi connectivity index (χ4v) is 5.14. The Morgan fingerprint density at radius 2 is 1.85 bits per heavy atom. The molecule has 0 aliphatic heterocycles. The number of thiazole rings is 1. The fourth-order valence-electron chi connectivity index (χ4n) is 3.00. The van der Waals surface area contributed by atoms with E-state index in [0.717, 1.165) is 11.3 Å². The van der Waals surface area contributed by atoms with Crippen molar-refractivity contribution in [1.29, 1.82) is 0 Å². The molecule has 2 aromatic carbocycles. The Morgan fingerprint density at radius 3 is 2.42 bits per heavy atom. The van der Waals surface area contributed by atoms with Crippen LogP contribution in [0.15, 0.2) is 52.4 Å². The first-order valence-electron chi connectivity index (χ1n) is 9.78. The number of fused-ring (bicyclic) bond motifs is 1. The minimum Gasteiger partial charge on any atom is -0.468 e. The smallest absolute Gasteiger partial charge is 0.325 e. The van der Waals surface area contributed by atoms with Gasteiger partial charge in [0.2, 0.25) is 0 Å². The molecular formula is C21H21N3O7S2. The number of hydrogen-bond donors (Lipinski definition) is 0. The zero-order chi connectivity index (χ0) is 24.3. The number of non-ortho nitro benzene ring substituents is 1. The summed E-state index contributed by atoms with van der Waals surface area (Å²) in [5.41, 5.74) is 0.955. The minimum atomic E-state index is -3.42. The van der Waals surface area contributed by atoms with Crippen molar-refractivity contribution in [1.82, 2.24) is 4.57 Å². The number of ether oxygens (including phenoxy) is 1. The van der Waals surface area contributed by atoms with E-state index in [2.05, 4.69) is 4.99 Å². The molecule has 0 saturated carbocycles. The second kappa shape index (κ2) is 9.63. The summed E-state index contributed by atoms with van der Waals surface area (Å²) < 4.78 is 31.1. The van der Waals surface area contributed by atoms with Gasteiger partial charge in [0.25, 0.3) is 11.6 Å². The van der Waals surface area contributed by atoms with E-state index < -0.39 is 31.9 Å². The number of nitro benzene ring substituents is 1. The number of carbonyl (C=O) groups excluding carboxylic acids is 2. The maximum absolute atomic E-state index is 12.6. The van der Waals surface area contributed by atoms with E-state index in [1.165, 1.54) is 42.0 Å². The summed E-state index contributed by atoms with van der Waals surface area (Å²) in [6.07, 6.45) is -0.0887. The van der Waals surface area contributed by atoms with Gasteiger partial charge in [-0.3, -0.25) is 19.7 Å². The van der Waals surface area contributed by atoms with E-state index in [1.807, 2.05) is 0 Å². The third-order valence-corrected chi connectivity index (χ3v) is 8.05. The summed E-state index contributed by atoms with van der Waals surface area (Å²) in [7, 11) is -2.19. The van der Waals surface area contributed by atoms with Crippen molar-refractivity contribution in [3.63, 3.8) is 0 Å². The molecule has 3 aromatic rings. The number of sulfone groups is 1. The van der Waals surface area contributed by atoms with Gasteiger partial charge in [0, 0.05) is 12.1 Å². The molecule has 0 aliphatic carbocycles. The van der Waals surface area contributed by atoms with Gasteiger partial charge in [0.15, 0.2) is 14.6 Å². The number of hydrogen-bond acceptors (Lipinski definition) is 8. The van der Waals surface area contributed by atoms with Crippen molar-refractivity contribution in [3.8, 4) is 0 Å². The fraction of sp³-hybridized carbons (Fsp3) is 0.286. The van der Waals surface area contributed by atoms with Crippen molar-refractivity contribution in [2.45, 2.75) is 37.0 Å². The summed E-state index contributed by atoms with van der Waals surface area (Å²) in [6, 6.07) is 10.2. The summed E-state index contributed by atoms with van der Waals surface area (Å²) in [4.78, 5) is 39.5. The highest BCUT2D eigenvalue weighted by Gasteiger charge is 2.19. The molecular weight excluding hydrogens is 470 g/mol. The lowest BCUT2D eigenvalue weighted by Gasteiger charge is -2.08. The lowest BCUT2D eigenvalue weighted by molar-refractivity contribution is -0.384. The van der Waals surface area contributed by atoms with Gasteiger partial charge in [-0.1, -0.05) is 23.5 Å². The zero-order valence-electron chi connectivity index (χ0n) is 18.0. The van der Waals surface area contributed by atoms with Crippen LogP contribution in [0.3, 0.4) is 0 Å². The summed E-state index contributed by atoms with van der Waals surface area (Å²) >= 11 is 1.04. The largest absolute Gasteiger partial charge is 0.468 e. The van der Waals surface area contributed by atoms with Crippen molar-refractivity contribution >= 4 is 49.0 Å². The molecule has 1 amide bonds. The van der Waals surface area contributed by atoms with E-state index in [-0.39, 0.29) is 28.3 Å². The molecule has 3 rings (SSSR count). The van der Waals surface area contributed by atoms with Gasteiger partial charge in [-0.2, -0.15) is 4.99 Å². The van der Waals surface area contributed by atoms with Crippen molar-refractivity contribution < 1.29 is 27.7 Å². The predicted molar refractivity (Wildman–Crippen MR) is 122 cm³/mol. The topological polar surface area (TPSA) is 138 Å². The highest BCUT2D eigenvalue weighted by molar-refractivity contribution is 7.92. The average molecular weight is 492 g/mol. The number of aromatic nitrogens is 1. The van der Waals surface area contributed by atoms with Crippen molar-refractivity contribution in [2.24, 2.45) is 4.99 Å². The van der Waals surface area contributed by atoms with Gasteiger partial charge < -0.3 is 9.30 Å². The van der Waals surface area contributed by atoms with Crippen LogP contribution in [0, 0.1) is 10.1 Å². The van der Waals surface area contributed by atoms with Crippen LogP contribution in [-0.4, -0.2) is 42.1 Å². The Kier molecular flexibility index (Phi) is 7.08. The molecule has 0 N–H and O–H groups in total. The van der Waals surface area contributed by atoms with Crippen LogP contribution in [0.5, 0.6) is 0 Å². The number of nitro groups is 1. The van der Waals surface area contributed by atoms with Gasteiger partial charge in [-0.25, -0.2) is 8.42 Å². The predicted octanol–water partition coefficient (Wildman–Crippen LogP) is 2.64. The van der Waals surface area contributed by atoms with E-state index in [0.29, 0.717) is 15.8 Å². The number of carbonyl (C=O) groups is 2. The van der Waals surface area contributed by atoms with E-state index in [9.17, 15) is 28.1 Å². The molecule has 33 heavy (non-hydrogen) atoms. The lowest BCUT2D eigenvalue weighted by atomic mass is 10.1. The third-order valence-electron chi connectivity index (χ3n) is 4.84. The summed E-state index contributed by atoms with van der Waals surface area (Å²) in [5.74, 6) is -1.09. The lowest BCUT2D eigenvalue weighted by Crippen LogP contribution is -2.22. The number of amides is 1. The summed E-state index contributed by atoms with van der Waals surface area (Å²) in [6.45, 7) is 2.96. The summed E-state index contributed by atoms with van der Waals surface area (Å²) in [5, 5.41) is 10.5. The molecule has 0 saturated heterocycles. The standard InChI is InChI=1S/C21H21N3O7S2/c1-13(2)33(29,30)16-7-4-14(5-8-16)10-19(25)22-21-23(12-20(26)31-3)17-9-6-15(24(27)28)11-18(17)32-21/h4-9,11,13H,10,12H2,1-3H3. The minimum absolute atomic E-state index is 0.0887. The molecule has 0 aliphatic rings. The van der Waals surface area contributed by atoms with E-state index in [4.69, 9.17) is 4.74 Å². The first kappa shape index (κ1) is 24.3. The Balaban J connectivity index is 1.95. The Morgan fingerprint density at radius 1 is 1.18 bits per heavy atom. The maximum Gasteiger partial charge on any atom is 0.325 e. The van der Waals surface area contributed by atoms with Gasteiger partial charge in [-0.15, -0.1) is 0 Å². The number of methoxy groups -OCH3 is 1. The number of rotatable bonds is 7. The third kappa shape index (κ3) is 5.34. The van der Waals surface area contributed by atoms with Gasteiger partial charge in [-0.05, 0) is 37.6 Å². The second-order valence-corrected chi connectivity index (χ2v) is 10.9. The molecule has 0 bridgehead atoms. The van der Waals surface area contributed by atoms with Crippen LogP contribution in [0.2, 0.25) is 0 Å². The normalized spacial score (nSPS) is 12.3. The Labute approximate surface area is 193 Å². The first-order chi connectivity index (χ1) is 15.5. The Hall–Kier alpha value is -3.38. The van der Waals surface area contributed by atoms with Crippen LogP contribution in [0.1, 0.15) is 19.4 Å². The molecule has 12 heteroatoms. The number of nitrogens with zero attached hydrogens (tertiary/aromatic N) is 3. The average Bonchev–Trinajstić information content (AvgIpc) is 3.09. The quantitative estimate of drug-likeness (QED) is 0.281. The molecule has 0 radical (unpaired) electrons. The molecule has 0 unspecified atom stereocenters. The number of benzene rings is 2. The highest BCUT2D eigenvalue weighted by Crippen LogP contribution is 2.23. The van der Waals surface area contributed by atoms with Crippen molar-refractivity contribution in [3.05, 3.63) is 62.9 Å². The molecule has 10 nitrogen and oxygen atoms in total. The van der Waals surface area contributed by atoms with Gasteiger partial charge >= 0.3 is 5.97 Å². The molecule has 0 atom stereocenters. The number of esters is 1. The van der Waals surface area contributed by atoms with Gasteiger partial charge in [0.1, 0.15) is 6.54 Å². The molecule has 0 fully saturated rings. The molecule has 174 valence electrons. The first-order valence-corrected chi connectivity index (χ1v) is 12.1. The molecule has 1 aromatic heterocycles. The van der Waals surface area contributed by atoms with Crippen molar-refractivity contribution in [2.75, 3.05) is 7.11 Å². The van der Waals surface area contributed by atoms with Crippen LogP contribution in [-0.2, 0) is 37.1 Å².